The standard InChI is InChI=1S/C10H13N5O4.3Na.3H/c1-3-5(16)6(17)9(19-3)15-2-12-4-7(15)13-10(11)14-8(4)18;;;;;;/h2-3,5-6,9,16-17H,1H3,(H3,11,13,14,18);;;;;;/t3-,5-,6-,9-;;;;;;/m1....../s1. The second kappa shape index (κ2) is 8.93. The van der Waals surface area contributed by atoms with Crippen molar-refractivity contribution in [1.29, 1.82) is 0 Å². The van der Waals surface area contributed by atoms with E-state index in [2.05, 4.69) is 15.0 Å². The minimum atomic E-state index is -1.13. The number of fused-ring (bicyclic) bond motifs is 1. The van der Waals surface area contributed by atoms with Gasteiger partial charge in [0.15, 0.2) is 17.4 Å². The number of ether oxygens (including phenoxy) is 1. The van der Waals surface area contributed by atoms with Crippen molar-refractivity contribution in [3.63, 3.8) is 0 Å². The predicted octanol–water partition coefficient (Wildman–Crippen LogP) is -3.60. The van der Waals surface area contributed by atoms with Crippen LogP contribution in [0.1, 0.15) is 13.2 Å². The molecule has 22 heavy (non-hydrogen) atoms. The number of nitrogens with zero attached hydrogens (tertiary/aromatic N) is 3. The number of hydrogen-bond donors (Lipinski definition) is 4. The van der Waals surface area contributed by atoms with Gasteiger partial charge in [-0.05, 0) is 6.92 Å². The summed E-state index contributed by atoms with van der Waals surface area (Å²) >= 11 is 0. The Morgan fingerprint density at radius 2 is 1.95 bits per heavy atom. The van der Waals surface area contributed by atoms with Crippen LogP contribution in [0, 0.1) is 0 Å². The number of aromatic amines is 1. The molecule has 108 valence electrons. The zero-order valence-electron chi connectivity index (χ0n) is 10.0. The average Bonchev–Trinajstić information content (AvgIpc) is 2.86. The Morgan fingerprint density at radius 3 is 2.50 bits per heavy atom. The molecule has 3 rings (SSSR count). The first kappa shape index (κ1) is 23.0. The van der Waals surface area contributed by atoms with E-state index in [0.29, 0.717) is 0 Å². The van der Waals surface area contributed by atoms with Crippen molar-refractivity contribution in [1.82, 2.24) is 19.5 Å². The molecule has 1 fully saturated rings. The molecule has 5 N–H and O–H groups in total. The van der Waals surface area contributed by atoms with Gasteiger partial charge in [0.25, 0.3) is 5.56 Å². The summed E-state index contributed by atoms with van der Waals surface area (Å²) in [6.45, 7) is 1.64. The maximum atomic E-state index is 11.6. The molecule has 3 heterocycles. The minimum absolute atomic E-state index is 0. The van der Waals surface area contributed by atoms with Crippen LogP contribution in [0.2, 0.25) is 0 Å². The quantitative estimate of drug-likeness (QED) is 0.394. The van der Waals surface area contributed by atoms with E-state index in [1.807, 2.05) is 0 Å². The second-order valence-corrected chi connectivity index (χ2v) is 4.49. The van der Waals surface area contributed by atoms with Crippen molar-refractivity contribution in [3.8, 4) is 0 Å². The van der Waals surface area contributed by atoms with Crippen LogP contribution in [-0.4, -0.2) is 137 Å². The van der Waals surface area contributed by atoms with E-state index >= 15 is 0 Å². The molecule has 4 atom stereocenters. The Labute approximate surface area is 191 Å². The van der Waals surface area contributed by atoms with Gasteiger partial charge in [0.1, 0.15) is 12.2 Å². The first-order valence-corrected chi connectivity index (χ1v) is 5.73. The summed E-state index contributed by atoms with van der Waals surface area (Å²) in [5, 5.41) is 19.6. The first-order valence-electron chi connectivity index (χ1n) is 5.73. The van der Waals surface area contributed by atoms with Gasteiger partial charge in [0.2, 0.25) is 5.95 Å². The molecule has 9 nitrogen and oxygen atoms in total. The monoisotopic (exact) mass is 339 g/mol. The van der Waals surface area contributed by atoms with Gasteiger partial charge in [-0.25, -0.2) is 4.98 Å². The third-order valence-electron chi connectivity index (χ3n) is 3.20. The van der Waals surface area contributed by atoms with Crippen LogP contribution in [0.15, 0.2) is 11.1 Å². The van der Waals surface area contributed by atoms with Gasteiger partial charge < -0.3 is 20.7 Å². The number of aromatic nitrogens is 4. The molecule has 2 aromatic heterocycles. The topological polar surface area (TPSA) is 139 Å². The number of H-pyrrole nitrogens is 1. The zero-order chi connectivity index (χ0) is 13.7. The van der Waals surface area contributed by atoms with Crippen LogP contribution in [0.3, 0.4) is 0 Å². The van der Waals surface area contributed by atoms with E-state index in [9.17, 15) is 15.0 Å². The Morgan fingerprint density at radius 1 is 1.32 bits per heavy atom. The molecule has 2 aromatic rings. The van der Waals surface area contributed by atoms with Gasteiger partial charge in [-0.3, -0.25) is 14.3 Å². The van der Waals surface area contributed by atoms with E-state index < -0.39 is 30.1 Å². The van der Waals surface area contributed by atoms with Crippen LogP contribution in [0.25, 0.3) is 11.2 Å². The number of hydrogen-bond acceptors (Lipinski definition) is 7. The van der Waals surface area contributed by atoms with Crippen LogP contribution in [0.5, 0.6) is 0 Å². The Hall–Kier alpha value is 1.03. The van der Waals surface area contributed by atoms with Gasteiger partial charge in [-0.2, -0.15) is 4.98 Å². The molecule has 12 heteroatoms. The Balaban J connectivity index is 0.00000147. The van der Waals surface area contributed by atoms with Crippen molar-refractivity contribution >= 4 is 106 Å². The van der Waals surface area contributed by atoms with E-state index in [1.165, 1.54) is 10.9 Å². The molecular weight excluding hydrogens is 323 g/mol. The molecule has 0 saturated carbocycles. The fourth-order valence-corrected chi connectivity index (χ4v) is 2.19. The van der Waals surface area contributed by atoms with Crippen molar-refractivity contribution < 1.29 is 14.9 Å². The van der Waals surface area contributed by atoms with Crippen molar-refractivity contribution in [2.24, 2.45) is 0 Å². The van der Waals surface area contributed by atoms with E-state index in [4.69, 9.17) is 10.5 Å². The summed E-state index contributed by atoms with van der Waals surface area (Å²) in [7, 11) is 0. The number of nitrogens with two attached hydrogens (primary N) is 1. The number of aliphatic hydroxyl groups excluding tert-OH is 2. The summed E-state index contributed by atoms with van der Waals surface area (Å²) in [6, 6.07) is 0. The normalized spacial score (nSPS) is 26.9. The van der Waals surface area contributed by atoms with Gasteiger partial charge >= 0.3 is 88.7 Å². The fourth-order valence-electron chi connectivity index (χ4n) is 2.19. The molecule has 0 spiro atoms. The SMILES string of the molecule is C[C@H]1O[C@@H](n2cnc3c(=O)[nH]c(N)nc32)[C@H](O)[C@@H]1O.[NaH].[NaH].[NaH]. The van der Waals surface area contributed by atoms with Crippen LogP contribution in [0.4, 0.5) is 5.95 Å². The number of anilines is 1. The molecule has 1 aliphatic heterocycles. The third-order valence-corrected chi connectivity index (χ3v) is 3.20. The van der Waals surface area contributed by atoms with Gasteiger partial charge in [0, 0.05) is 0 Å². The maximum absolute atomic E-state index is 11.6. The molecule has 0 unspecified atom stereocenters. The number of rotatable bonds is 1. The number of nitrogens with one attached hydrogen (secondary N) is 1. The summed E-state index contributed by atoms with van der Waals surface area (Å²) in [5.74, 6) is -0.0552. The average molecular weight is 339 g/mol. The van der Waals surface area contributed by atoms with E-state index in [1.54, 1.807) is 6.92 Å². The van der Waals surface area contributed by atoms with E-state index in [0.717, 1.165) is 0 Å². The molecular formula is C10H16N5Na3O4. The van der Waals surface area contributed by atoms with Gasteiger partial charge in [0.05, 0.1) is 12.4 Å². The van der Waals surface area contributed by atoms with Crippen molar-refractivity contribution in [3.05, 3.63) is 16.7 Å². The molecule has 1 saturated heterocycles. The summed E-state index contributed by atoms with van der Waals surface area (Å²) in [5.41, 5.74) is 5.31. The zero-order valence-corrected chi connectivity index (χ0v) is 10.0. The molecule has 0 amide bonds. The summed E-state index contributed by atoms with van der Waals surface area (Å²) in [6.07, 6.45) is -2.21. The molecule has 0 radical (unpaired) electrons. The first-order chi connectivity index (χ1) is 8.99. The van der Waals surface area contributed by atoms with Crippen LogP contribution >= 0.6 is 0 Å². The van der Waals surface area contributed by atoms with Gasteiger partial charge in [-0.15, -0.1) is 0 Å². The predicted molar refractivity (Wildman–Crippen MR) is 85.6 cm³/mol. The Bertz CT molecular complexity index is 693. The molecule has 0 aromatic carbocycles. The Kier molecular flexibility index (Phi) is 9.35. The number of imidazole rings is 1. The number of aliphatic hydroxyl groups is 2. The van der Waals surface area contributed by atoms with Crippen LogP contribution < -0.4 is 11.3 Å². The number of nitrogen functional groups attached to an aromatic ring is 1. The van der Waals surface area contributed by atoms with Crippen LogP contribution in [-0.2, 0) is 4.74 Å². The van der Waals surface area contributed by atoms with Crippen molar-refractivity contribution in [2.45, 2.75) is 31.5 Å². The van der Waals surface area contributed by atoms with Gasteiger partial charge in [-0.1, -0.05) is 0 Å². The summed E-state index contributed by atoms with van der Waals surface area (Å²) in [4.78, 5) is 21.9. The summed E-state index contributed by atoms with van der Waals surface area (Å²) < 4.78 is 6.84. The molecule has 1 aliphatic rings. The molecule has 0 aliphatic carbocycles. The molecule has 0 bridgehead atoms. The second-order valence-electron chi connectivity index (χ2n) is 4.49. The fraction of sp³-hybridized carbons (Fsp3) is 0.500. The third kappa shape index (κ3) is 3.98. The van der Waals surface area contributed by atoms with E-state index in [-0.39, 0.29) is 106 Å². The van der Waals surface area contributed by atoms with Crippen molar-refractivity contribution in [2.75, 3.05) is 5.73 Å².